The van der Waals surface area contributed by atoms with E-state index >= 15 is 0 Å². The van der Waals surface area contributed by atoms with Crippen molar-refractivity contribution in [1.82, 2.24) is 14.7 Å². The molecule has 1 saturated heterocycles. The first kappa shape index (κ1) is 11.0. The van der Waals surface area contributed by atoms with Crippen molar-refractivity contribution in [2.75, 3.05) is 6.54 Å². The number of rotatable bonds is 3. The number of carbonyl (C=O) groups is 1. The van der Waals surface area contributed by atoms with E-state index in [0.29, 0.717) is 6.42 Å². The summed E-state index contributed by atoms with van der Waals surface area (Å²) in [5.74, 6) is 0.270. The Morgan fingerprint density at radius 1 is 1.22 bits per heavy atom. The molecule has 0 spiro atoms. The monoisotopic (exact) mass is 241 g/mol. The third kappa shape index (κ3) is 2.14. The summed E-state index contributed by atoms with van der Waals surface area (Å²) in [6, 6.07) is 10.1. The van der Waals surface area contributed by atoms with Gasteiger partial charge < -0.3 is 4.90 Å². The van der Waals surface area contributed by atoms with Gasteiger partial charge in [-0.2, -0.15) is 5.10 Å². The molecule has 2 aromatic rings. The van der Waals surface area contributed by atoms with Crippen LogP contribution in [0.15, 0.2) is 42.7 Å². The first-order valence-electron chi connectivity index (χ1n) is 6.20. The molecule has 4 nitrogen and oxygen atoms in total. The van der Waals surface area contributed by atoms with Crippen LogP contribution < -0.4 is 0 Å². The summed E-state index contributed by atoms with van der Waals surface area (Å²) >= 11 is 0. The van der Waals surface area contributed by atoms with Gasteiger partial charge in [0.1, 0.15) is 0 Å². The zero-order valence-electron chi connectivity index (χ0n) is 10.1. The van der Waals surface area contributed by atoms with Crippen LogP contribution in [0.5, 0.6) is 0 Å². The van der Waals surface area contributed by atoms with Gasteiger partial charge in [0, 0.05) is 31.9 Å². The molecule has 0 unspecified atom stereocenters. The largest absolute Gasteiger partial charge is 0.338 e. The maximum Gasteiger partial charge on any atom is 0.222 e. The molecule has 0 N–H and O–H groups in total. The number of carbonyl (C=O) groups excluding carboxylic acids is 1. The molecule has 1 aromatic carbocycles. The topological polar surface area (TPSA) is 38.1 Å². The average Bonchev–Trinajstić information content (AvgIpc) is 3.03. The normalized spacial score (nSPS) is 15.3. The lowest BCUT2D eigenvalue weighted by molar-refractivity contribution is -0.128. The highest BCUT2D eigenvalue weighted by Gasteiger charge is 2.19. The molecule has 1 aromatic heterocycles. The minimum Gasteiger partial charge on any atom is -0.338 e. The van der Waals surface area contributed by atoms with E-state index in [1.807, 2.05) is 34.0 Å². The van der Waals surface area contributed by atoms with E-state index in [1.54, 1.807) is 6.20 Å². The van der Waals surface area contributed by atoms with Gasteiger partial charge in [-0.3, -0.25) is 4.79 Å². The number of hydrogen-bond acceptors (Lipinski definition) is 2. The van der Waals surface area contributed by atoms with E-state index < -0.39 is 0 Å². The zero-order valence-corrected chi connectivity index (χ0v) is 10.1. The summed E-state index contributed by atoms with van der Waals surface area (Å²) < 4.78 is 1.82. The molecule has 3 rings (SSSR count). The molecule has 0 aliphatic carbocycles. The van der Waals surface area contributed by atoms with Gasteiger partial charge in [0.25, 0.3) is 0 Å². The van der Waals surface area contributed by atoms with Crippen molar-refractivity contribution in [3.05, 3.63) is 48.3 Å². The van der Waals surface area contributed by atoms with Gasteiger partial charge >= 0.3 is 0 Å². The first-order chi connectivity index (χ1) is 8.83. The van der Waals surface area contributed by atoms with Crippen LogP contribution in [0, 0.1) is 0 Å². The number of nitrogens with zero attached hydrogens (tertiary/aromatic N) is 3. The second kappa shape index (κ2) is 4.64. The second-order valence-corrected chi connectivity index (χ2v) is 4.54. The quantitative estimate of drug-likeness (QED) is 0.824. The Hall–Kier alpha value is -2.10. The maximum absolute atomic E-state index is 11.5. The maximum atomic E-state index is 11.5. The van der Waals surface area contributed by atoms with Crippen molar-refractivity contribution in [1.29, 1.82) is 0 Å². The smallest absolute Gasteiger partial charge is 0.222 e. The Labute approximate surface area is 106 Å². The van der Waals surface area contributed by atoms with Gasteiger partial charge in [0.05, 0.1) is 5.69 Å². The molecule has 1 aliphatic rings. The van der Waals surface area contributed by atoms with Crippen molar-refractivity contribution in [3.8, 4) is 5.69 Å². The SMILES string of the molecule is O=C1CCCN1Cc1ccc(-n2cccn2)cc1. The highest BCUT2D eigenvalue weighted by molar-refractivity contribution is 5.78. The van der Waals surface area contributed by atoms with E-state index in [9.17, 15) is 4.79 Å². The van der Waals surface area contributed by atoms with Gasteiger partial charge in [-0.1, -0.05) is 12.1 Å². The van der Waals surface area contributed by atoms with E-state index in [4.69, 9.17) is 0 Å². The number of benzene rings is 1. The van der Waals surface area contributed by atoms with Crippen LogP contribution in [0.25, 0.3) is 5.69 Å². The molecule has 2 heterocycles. The summed E-state index contributed by atoms with van der Waals surface area (Å²) in [5.41, 5.74) is 2.21. The Morgan fingerprint density at radius 2 is 2.06 bits per heavy atom. The summed E-state index contributed by atoms with van der Waals surface area (Å²) in [4.78, 5) is 13.5. The molecule has 0 atom stereocenters. The number of hydrogen-bond donors (Lipinski definition) is 0. The third-order valence-electron chi connectivity index (χ3n) is 3.25. The Bertz CT molecular complexity index is 531. The highest BCUT2D eigenvalue weighted by atomic mass is 16.2. The van der Waals surface area contributed by atoms with Crippen molar-refractivity contribution in [2.45, 2.75) is 19.4 Å². The molecule has 0 bridgehead atoms. The van der Waals surface area contributed by atoms with E-state index in [2.05, 4.69) is 17.2 Å². The molecule has 18 heavy (non-hydrogen) atoms. The van der Waals surface area contributed by atoms with E-state index in [1.165, 1.54) is 5.56 Å². The predicted octanol–water partition coefficient (Wildman–Crippen LogP) is 1.99. The molecule has 0 radical (unpaired) electrons. The fourth-order valence-electron chi connectivity index (χ4n) is 2.27. The van der Waals surface area contributed by atoms with Crippen LogP contribution in [0.2, 0.25) is 0 Å². The van der Waals surface area contributed by atoms with Crippen molar-refractivity contribution >= 4 is 5.91 Å². The molecule has 0 saturated carbocycles. The summed E-state index contributed by atoms with van der Waals surface area (Å²) in [6.45, 7) is 1.61. The van der Waals surface area contributed by atoms with E-state index in [-0.39, 0.29) is 5.91 Å². The Morgan fingerprint density at radius 3 is 2.67 bits per heavy atom. The van der Waals surface area contributed by atoms with Crippen LogP contribution in [-0.2, 0) is 11.3 Å². The number of amides is 1. The lowest BCUT2D eigenvalue weighted by atomic mass is 10.2. The van der Waals surface area contributed by atoms with Gasteiger partial charge in [0.2, 0.25) is 5.91 Å². The first-order valence-corrected chi connectivity index (χ1v) is 6.20. The minimum atomic E-state index is 0.270. The lowest BCUT2D eigenvalue weighted by Crippen LogP contribution is -2.23. The van der Waals surface area contributed by atoms with Crippen LogP contribution in [-0.4, -0.2) is 27.1 Å². The van der Waals surface area contributed by atoms with Gasteiger partial charge in [-0.25, -0.2) is 4.68 Å². The fourth-order valence-corrected chi connectivity index (χ4v) is 2.27. The number of likely N-dealkylation sites (tertiary alicyclic amines) is 1. The lowest BCUT2D eigenvalue weighted by Gasteiger charge is -2.15. The number of aromatic nitrogens is 2. The van der Waals surface area contributed by atoms with Crippen LogP contribution in [0.4, 0.5) is 0 Å². The molecule has 1 fully saturated rings. The van der Waals surface area contributed by atoms with Crippen molar-refractivity contribution in [3.63, 3.8) is 0 Å². The Balaban J connectivity index is 1.73. The molecule has 1 aliphatic heterocycles. The van der Waals surface area contributed by atoms with Gasteiger partial charge in [-0.05, 0) is 30.2 Å². The highest BCUT2D eigenvalue weighted by Crippen LogP contribution is 2.15. The third-order valence-corrected chi connectivity index (χ3v) is 3.25. The zero-order chi connectivity index (χ0) is 12.4. The van der Waals surface area contributed by atoms with Crippen LogP contribution >= 0.6 is 0 Å². The summed E-state index contributed by atoms with van der Waals surface area (Å²) in [5, 5.41) is 4.18. The molecule has 1 amide bonds. The van der Waals surface area contributed by atoms with Crippen LogP contribution in [0.3, 0.4) is 0 Å². The summed E-state index contributed by atoms with van der Waals surface area (Å²) in [7, 11) is 0. The molecular weight excluding hydrogens is 226 g/mol. The van der Waals surface area contributed by atoms with Crippen molar-refractivity contribution in [2.24, 2.45) is 0 Å². The average molecular weight is 241 g/mol. The fraction of sp³-hybridized carbons (Fsp3) is 0.286. The van der Waals surface area contributed by atoms with Gasteiger partial charge in [-0.15, -0.1) is 0 Å². The minimum absolute atomic E-state index is 0.270. The standard InChI is InChI=1S/C14H15N3O/c18-14-3-1-9-16(14)11-12-4-6-13(7-5-12)17-10-2-8-15-17/h2,4-8,10H,1,3,9,11H2. The van der Waals surface area contributed by atoms with Crippen LogP contribution in [0.1, 0.15) is 18.4 Å². The predicted molar refractivity (Wildman–Crippen MR) is 68.2 cm³/mol. The molecular formula is C14H15N3O. The summed E-state index contributed by atoms with van der Waals surface area (Å²) in [6.07, 6.45) is 5.37. The van der Waals surface area contributed by atoms with E-state index in [0.717, 1.165) is 25.2 Å². The Kier molecular flexibility index (Phi) is 2.84. The second-order valence-electron chi connectivity index (χ2n) is 4.54. The molecule has 4 heteroatoms. The van der Waals surface area contributed by atoms with Gasteiger partial charge in [0.15, 0.2) is 0 Å². The van der Waals surface area contributed by atoms with Crippen molar-refractivity contribution < 1.29 is 4.79 Å². The molecule has 92 valence electrons.